The van der Waals surface area contributed by atoms with Crippen LogP contribution in [0.1, 0.15) is 80.9 Å². The quantitative estimate of drug-likeness (QED) is 0.128. The predicted molar refractivity (Wildman–Crippen MR) is 162 cm³/mol. The molecule has 0 N–H and O–H groups in total. The van der Waals surface area contributed by atoms with Crippen molar-refractivity contribution >= 4 is 0 Å². The number of benzene rings is 4. The molecule has 0 atom stereocenters. The fraction of sp³-hybridized carbons (Fsp3) is 0.324. The summed E-state index contributed by atoms with van der Waals surface area (Å²) < 4.78 is 108. The number of rotatable bonds is 10. The second-order valence-corrected chi connectivity index (χ2v) is 11.8. The summed E-state index contributed by atoms with van der Waals surface area (Å²) in [5, 5.41) is 8.84. The fourth-order valence-corrected chi connectivity index (χ4v) is 6.25. The zero-order valence-electron chi connectivity index (χ0n) is 25.2. The van der Waals surface area contributed by atoms with Gasteiger partial charge in [0, 0.05) is 5.56 Å². The number of nitriles is 1. The molecule has 0 radical (unpaired) electrons. The average Bonchev–Trinajstić information content (AvgIpc) is 3.01. The summed E-state index contributed by atoms with van der Waals surface area (Å²) >= 11 is 0. The Labute approximate surface area is 263 Å². The van der Waals surface area contributed by atoms with Crippen LogP contribution in [0.3, 0.4) is 0 Å². The Morgan fingerprint density at radius 2 is 1.30 bits per heavy atom. The van der Waals surface area contributed by atoms with Crippen molar-refractivity contribution in [3.63, 3.8) is 0 Å². The second-order valence-electron chi connectivity index (χ2n) is 11.8. The van der Waals surface area contributed by atoms with Gasteiger partial charge in [-0.1, -0.05) is 56.9 Å². The lowest BCUT2D eigenvalue weighted by Crippen LogP contribution is -2.25. The van der Waals surface area contributed by atoms with Gasteiger partial charge in [0.1, 0.15) is 52.0 Å². The van der Waals surface area contributed by atoms with Gasteiger partial charge in [-0.05, 0) is 102 Å². The number of ether oxygens (including phenoxy) is 1. The molecule has 0 amide bonds. The summed E-state index contributed by atoms with van der Waals surface area (Å²) in [6.45, 7) is 2.15. The van der Waals surface area contributed by atoms with Gasteiger partial charge in [-0.25, -0.2) is 22.0 Å². The van der Waals surface area contributed by atoms with Crippen molar-refractivity contribution in [1.82, 2.24) is 0 Å². The Hall–Kier alpha value is -4.32. The summed E-state index contributed by atoms with van der Waals surface area (Å²) in [4.78, 5) is 0. The Balaban J connectivity index is 1.27. The smallest absolute Gasteiger partial charge is 0.429 e. The third-order valence-electron chi connectivity index (χ3n) is 8.76. The van der Waals surface area contributed by atoms with Gasteiger partial charge in [0.05, 0.1) is 0 Å². The lowest BCUT2D eigenvalue weighted by molar-refractivity contribution is -0.189. The van der Waals surface area contributed by atoms with Gasteiger partial charge in [0.2, 0.25) is 0 Å². The zero-order chi connectivity index (χ0) is 33.0. The van der Waals surface area contributed by atoms with Crippen LogP contribution < -0.4 is 4.74 Å². The molecule has 2 nitrogen and oxygen atoms in total. The van der Waals surface area contributed by atoms with E-state index in [2.05, 4.69) is 6.92 Å². The molecule has 1 aliphatic carbocycles. The Bertz CT molecular complexity index is 1690. The first-order chi connectivity index (χ1) is 22.0. The third kappa shape index (κ3) is 7.22. The fourth-order valence-electron chi connectivity index (χ4n) is 6.25. The molecule has 4 aromatic carbocycles. The summed E-state index contributed by atoms with van der Waals surface area (Å²) in [6, 6.07) is 14.0. The number of alkyl halides is 2. The lowest BCUT2D eigenvalue weighted by atomic mass is 9.77. The highest BCUT2D eigenvalue weighted by Crippen LogP contribution is 2.41. The maximum Gasteiger partial charge on any atom is 0.432 e. The molecule has 240 valence electrons. The van der Waals surface area contributed by atoms with Crippen molar-refractivity contribution in [1.29, 1.82) is 5.26 Å². The van der Waals surface area contributed by atoms with Gasteiger partial charge in [0.15, 0.2) is 0 Å². The van der Waals surface area contributed by atoms with Crippen LogP contribution in [0.5, 0.6) is 5.75 Å². The molecule has 1 saturated carbocycles. The van der Waals surface area contributed by atoms with Gasteiger partial charge < -0.3 is 4.74 Å². The lowest BCUT2D eigenvalue weighted by Gasteiger charge is -2.29. The van der Waals surface area contributed by atoms with E-state index in [0.29, 0.717) is 22.6 Å². The number of hydrogen-bond donors (Lipinski definition) is 0. The van der Waals surface area contributed by atoms with Gasteiger partial charge in [-0.15, -0.1) is 0 Å². The minimum atomic E-state index is -4.31. The monoisotopic (exact) mass is 639 g/mol. The molecule has 0 heterocycles. The molecular formula is C37H32F7NO. The molecule has 0 aliphatic heterocycles. The van der Waals surface area contributed by atoms with Crippen LogP contribution in [0.2, 0.25) is 0 Å². The van der Waals surface area contributed by atoms with Crippen molar-refractivity contribution in [2.24, 2.45) is 5.92 Å². The first-order valence-electron chi connectivity index (χ1n) is 15.4. The highest BCUT2D eigenvalue weighted by Gasteiger charge is 2.41. The summed E-state index contributed by atoms with van der Waals surface area (Å²) in [5.41, 5.74) is -1.39. The average molecular weight is 640 g/mol. The molecule has 9 heteroatoms. The van der Waals surface area contributed by atoms with Crippen LogP contribution >= 0.6 is 0 Å². The molecule has 0 bridgehead atoms. The van der Waals surface area contributed by atoms with Crippen LogP contribution in [0.4, 0.5) is 30.7 Å². The van der Waals surface area contributed by atoms with Crippen LogP contribution in [0, 0.1) is 46.3 Å². The summed E-state index contributed by atoms with van der Waals surface area (Å²) in [7, 11) is 0. The maximum atomic E-state index is 15.1. The van der Waals surface area contributed by atoms with Crippen molar-refractivity contribution in [2.75, 3.05) is 0 Å². The van der Waals surface area contributed by atoms with Crippen molar-refractivity contribution in [3.8, 4) is 34.1 Å². The number of unbranched alkanes of at least 4 members (excludes halogenated alkanes) is 2. The van der Waals surface area contributed by atoms with Crippen LogP contribution in [0.25, 0.3) is 22.3 Å². The molecule has 0 saturated heterocycles. The summed E-state index contributed by atoms with van der Waals surface area (Å²) in [5.74, 6) is -5.70. The second kappa shape index (κ2) is 14.0. The molecule has 5 rings (SSSR count). The molecule has 1 fully saturated rings. The van der Waals surface area contributed by atoms with E-state index in [-0.39, 0.29) is 22.8 Å². The van der Waals surface area contributed by atoms with Crippen LogP contribution in [-0.4, -0.2) is 0 Å². The van der Waals surface area contributed by atoms with E-state index in [1.165, 1.54) is 43.2 Å². The number of halogens is 7. The standard InChI is InChI=1S/C37H32F7NO/c1-2-3-4-5-22-6-8-24(9-7-22)26-17-34(41)36(35(42)18-26)37(43,44)46-28-13-10-23(11-14-28)25-12-15-29(31(38)16-25)27-19-32(39)30(21-45)33(40)20-27/h10-20,22,24H,2-9H2,1H3. The Morgan fingerprint density at radius 1 is 0.717 bits per heavy atom. The minimum Gasteiger partial charge on any atom is -0.429 e. The maximum absolute atomic E-state index is 15.1. The highest BCUT2D eigenvalue weighted by atomic mass is 19.3. The molecule has 0 aromatic heterocycles. The topological polar surface area (TPSA) is 33.0 Å². The van der Waals surface area contributed by atoms with Crippen LogP contribution in [-0.2, 0) is 6.11 Å². The normalized spacial score (nSPS) is 16.7. The molecule has 0 spiro atoms. The van der Waals surface area contributed by atoms with Gasteiger partial charge in [-0.3, -0.25) is 0 Å². The van der Waals surface area contributed by atoms with Crippen molar-refractivity contribution in [2.45, 2.75) is 70.3 Å². The van der Waals surface area contributed by atoms with E-state index in [1.54, 1.807) is 0 Å². The zero-order valence-corrected chi connectivity index (χ0v) is 25.2. The third-order valence-corrected chi connectivity index (χ3v) is 8.76. The van der Waals surface area contributed by atoms with E-state index in [9.17, 15) is 13.2 Å². The first kappa shape index (κ1) is 33.1. The summed E-state index contributed by atoms with van der Waals surface area (Å²) in [6.07, 6.45) is 3.73. The Kier molecular flexibility index (Phi) is 10.0. The van der Waals surface area contributed by atoms with Gasteiger partial charge >= 0.3 is 6.11 Å². The molecule has 46 heavy (non-hydrogen) atoms. The van der Waals surface area contributed by atoms with E-state index >= 15 is 17.6 Å². The van der Waals surface area contributed by atoms with E-state index in [1.807, 2.05) is 0 Å². The first-order valence-corrected chi connectivity index (χ1v) is 15.4. The van der Waals surface area contributed by atoms with Gasteiger partial charge in [0.25, 0.3) is 0 Å². The number of hydrogen-bond acceptors (Lipinski definition) is 2. The minimum absolute atomic E-state index is 0.0899. The van der Waals surface area contributed by atoms with E-state index in [4.69, 9.17) is 10.00 Å². The molecule has 4 aromatic rings. The van der Waals surface area contributed by atoms with Crippen LogP contribution in [0.15, 0.2) is 66.7 Å². The van der Waals surface area contributed by atoms with E-state index in [0.717, 1.165) is 81.0 Å². The predicted octanol–water partition coefficient (Wildman–Crippen LogP) is 11.6. The van der Waals surface area contributed by atoms with Crippen molar-refractivity contribution < 1.29 is 35.5 Å². The largest absolute Gasteiger partial charge is 0.432 e. The Morgan fingerprint density at radius 3 is 1.87 bits per heavy atom. The molecular weight excluding hydrogens is 607 g/mol. The number of nitrogens with zero attached hydrogens (tertiary/aromatic N) is 1. The highest BCUT2D eigenvalue weighted by molar-refractivity contribution is 5.72. The van der Waals surface area contributed by atoms with Gasteiger partial charge in [-0.2, -0.15) is 14.0 Å². The van der Waals surface area contributed by atoms with Crippen molar-refractivity contribution in [3.05, 3.63) is 113 Å². The SMILES string of the molecule is CCCCCC1CCC(c2cc(F)c(C(F)(F)Oc3ccc(-c4ccc(-c5cc(F)c(C#N)c(F)c5)c(F)c4)cc3)c(F)c2)CC1. The molecule has 1 aliphatic rings. The molecule has 0 unspecified atom stereocenters. The van der Waals surface area contributed by atoms with E-state index < -0.39 is 46.3 Å².